The highest BCUT2D eigenvalue weighted by molar-refractivity contribution is 7.90. The van der Waals surface area contributed by atoms with Crippen LogP contribution in [0.15, 0.2) is 0 Å². The molecule has 0 bridgehead atoms. The van der Waals surface area contributed by atoms with Crippen LogP contribution in [0.25, 0.3) is 0 Å². The summed E-state index contributed by atoms with van der Waals surface area (Å²) in [5.41, 5.74) is 0. The second-order valence-electron chi connectivity index (χ2n) is 6.45. The highest BCUT2D eigenvalue weighted by atomic mass is 32.2. The maximum absolute atomic E-state index is 12.6. The Morgan fingerprint density at radius 3 is 2.38 bits per heavy atom. The molecule has 0 saturated heterocycles. The summed E-state index contributed by atoms with van der Waals surface area (Å²) in [7, 11) is -2.14. The van der Waals surface area contributed by atoms with Crippen LogP contribution in [0.2, 0.25) is 0 Å². The summed E-state index contributed by atoms with van der Waals surface area (Å²) < 4.78 is 32.8. The van der Waals surface area contributed by atoms with Crippen LogP contribution in [0, 0.1) is 11.8 Å². The minimum Gasteiger partial charge on any atom is -0.469 e. The van der Waals surface area contributed by atoms with Crippen LogP contribution in [0.4, 0.5) is 0 Å². The maximum Gasteiger partial charge on any atom is 0.310 e. The summed E-state index contributed by atoms with van der Waals surface area (Å²) in [6.07, 6.45) is 7.73. The van der Waals surface area contributed by atoms with Gasteiger partial charge in [0.2, 0.25) is 10.0 Å². The fraction of sp³-hybridized carbons (Fsp3) is 0.933. The zero-order chi connectivity index (χ0) is 15.5. The molecule has 2 fully saturated rings. The predicted molar refractivity (Wildman–Crippen MR) is 81.2 cm³/mol. The monoisotopic (exact) mass is 317 g/mol. The van der Waals surface area contributed by atoms with E-state index >= 15 is 0 Å². The van der Waals surface area contributed by atoms with Crippen LogP contribution in [0.3, 0.4) is 0 Å². The molecule has 0 heterocycles. The van der Waals surface area contributed by atoms with E-state index in [1.54, 1.807) is 0 Å². The number of sulfonamides is 1. The summed E-state index contributed by atoms with van der Waals surface area (Å²) in [4.78, 5) is 11.7. The van der Waals surface area contributed by atoms with Gasteiger partial charge in [-0.15, -0.1) is 0 Å². The van der Waals surface area contributed by atoms with Gasteiger partial charge in [0.15, 0.2) is 0 Å². The normalized spacial score (nSPS) is 29.2. The summed E-state index contributed by atoms with van der Waals surface area (Å²) in [5.74, 6) is -0.481. The Kier molecular flexibility index (Phi) is 5.66. The van der Waals surface area contributed by atoms with Crippen molar-refractivity contribution in [3.8, 4) is 0 Å². The summed E-state index contributed by atoms with van der Waals surface area (Å²) in [6.45, 7) is 1.95. The smallest absolute Gasteiger partial charge is 0.310 e. The van der Waals surface area contributed by atoms with Crippen LogP contribution in [-0.4, -0.2) is 32.8 Å². The van der Waals surface area contributed by atoms with Crippen molar-refractivity contribution in [1.82, 2.24) is 4.72 Å². The Bertz CT molecular complexity index is 456. The van der Waals surface area contributed by atoms with Gasteiger partial charge in [0.05, 0.1) is 18.3 Å². The largest absolute Gasteiger partial charge is 0.469 e. The van der Waals surface area contributed by atoms with E-state index in [0.717, 1.165) is 19.3 Å². The fourth-order valence-corrected chi connectivity index (χ4v) is 5.84. The molecule has 0 aromatic heterocycles. The molecule has 2 aliphatic rings. The van der Waals surface area contributed by atoms with E-state index in [-0.39, 0.29) is 6.04 Å². The first-order valence-electron chi connectivity index (χ1n) is 8.04. The summed E-state index contributed by atoms with van der Waals surface area (Å²) in [6, 6.07) is -0.0470. The van der Waals surface area contributed by atoms with Crippen molar-refractivity contribution in [2.45, 2.75) is 69.6 Å². The molecule has 2 saturated carbocycles. The van der Waals surface area contributed by atoms with E-state index in [2.05, 4.69) is 4.72 Å². The van der Waals surface area contributed by atoms with Gasteiger partial charge in [0, 0.05) is 6.04 Å². The van der Waals surface area contributed by atoms with Gasteiger partial charge in [-0.1, -0.05) is 25.7 Å². The van der Waals surface area contributed by atoms with E-state index in [0.29, 0.717) is 18.8 Å². The fourth-order valence-electron chi connectivity index (χ4n) is 3.80. The third-order valence-electron chi connectivity index (χ3n) is 5.06. The summed E-state index contributed by atoms with van der Waals surface area (Å²) >= 11 is 0. The Hall–Kier alpha value is -0.620. The first kappa shape index (κ1) is 16.7. The van der Waals surface area contributed by atoms with Crippen molar-refractivity contribution >= 4 is 16.0 Å². The van der Waals surface area contributed by atoms with Crippen molar-refractivity contribution in [2.75, 3.05) is 7.11 Å². The first-order chi connectivity index (χ1) is 9.95. The van der Waals surface area contributed by atoms with Crippen LogP contribution in [-0.2, 0) is 19.6 Å². The Balaban J connectivity index is 2.01. The van der Waals surface area contributed by atoms with Gasteiger partial charge in [0.25, 0.3) is 0 Å². The number of carbonyl (C=O) groups is 1. The highest BCUT2D eigenvalue weighted by Gasteiger charge is 2.43. The predicted octanol–water partition coefficient (Wildman–Crippen LogP) is 2.22. The van der Waals surface area contributed by atoms with Crippen LogP contribution in [0.1, 0.15) is 58.3 Å². The second kappa shape index (κ2) is 7.09. The van der Waals surface area contributed by atoms with E-state index < -0.39 is 27.2 Å². The zero-order valence-electron chi connectivity index (χ0n) is 13.0. The number of esters is 1. The molecule has 21 heavy (non-hydrogen) atoms. The highest BCUT2D eigenvalue weighted by Crippen LogP contribution is 2.33. The van der Waals surface area contributed by atoms with Gasteiger partial charge in [-0.25, -0.2) is 13.1 Å². The molecular formula is C15H27NO4S. The van der Waals surface area contributed by atoms with Gasteiger partial charge in [-0.05, 0) is 38.5 Å². The maximum atomic E-state index is 12.6. The van der Waals surface area contributed by atoms with Crippen LogP contribution in [0.5, 0.6) is 0 Å². The number of nitrogens with one attached hydrogen (secondary N) is 1. The van der Waals surface area contributed by atoms with Crippen LogP contribution < -0.4 is 4.72 Å². The van der Waals surface area contributed by atoms with E-state index in [4.69, 9.17) is 4.74 Å². The van der Waals surface area contributed by atoms with Crippen molar-refractivity contribution < 1.29 is 17.9 Å². The zero-order valence-corrected chi connectivity index (χ0v) is 13.8. The molecule has 5 nitrogen and oxygen atoms in total. The first-order valence-corrected chi connectivity index (χ1v) is 9.59. The number of carbonyl (C=O) groups excluding carboxylic acids is 1. The topological polar surface area (TPSA) is 72.5 Å². The third-order valence-corrected chi connectivity index (χ3v) is 7.12. The van der Waals surface area contributed by atoms with Crippen molar-refractivity contribution in [3.63, 3.8) is 0 Å². The lowest BCUT2D eigenvalue weighted by atomic mass is 9.85. The molecule has 0 amide bonds. The average Bonchev–Trinajstić information content (AvgIpc) is 2.97. The molecule has 0 spiro atoms. The minimum absolute atomic E-state index is 0.0470. The lowest BCUT2D eigenvalue weighted by Crippen LogP contribution is -2.45. The summed E-state index contributed by atoms with van der Waals surface area (Å²) in [5, 5.41) is -0.629. The van der Waals surface area contributed by atoms with E-state index in [9.17, 15) is 13.2 Å². The average molecular weight is 317 g/mol. The van der Waals surface area contributed by atoms with Gasteiger partial charge in [-0.3, -0.25) is 4.79 Å². The Morgan fingerprint density at radius 2 is 1.76 bits per heavy atom. The Morgan fingerprint density at radius 1 is 1.10 bits per heavy atom. The molecule has 2 rings (SSSR count). The number of hydrogen-bond acceptors (Lipinski definition) is 4. The quantitative estimate of drug-likeness (QED) is 0.789. The van der Waals surface area contributed by atoms with Gasteiger partial charge < -0.3 is 4.74 Å². The number of hydrogen-bond donors (Lipinski definition) is 1. The third kappa shape index (κ3) is 3.97. The molecule has 2 aliphatic carbocycles. The van der Waals surface area contributed by atoms with Crippen molar-refractivity contribution in [3.05, 3.63) is 0 Å². The molecule has 122 valence electrons. The molecule has 0 aromatic carbocycles. The van der Waals surface area contributed by atoms with Gasteiger partial charge in [-0.2, -0.15) is 0 Å². The molecule has 0 aliphatic heterocycles. The SMILES string of the molecule is COC(=O)C1CCCC1S(=O)(=O)N[C@H](C)C1CCCCC1. The molecule has 2 unspecified atom stereocenters. The van der Waals surface area contributed by atoms with Gasteiger partial charge in [0.1, 0.15) is 0 Å². The molecule has 0 aromatic rings. The van der Waals surface area contributed by atoms with Crippen molar-refractivity contribution in [1.29, 1.82) is 0 Å². The Labute approximate surface area is 127 Å². The lowest BCUT2D eigenvalue weighted by Gasteiger charge is -2.29. The molecule has 6 heteroatoms. The standard InChI is InChI=1S/C15H27NO4S/c1-11(12-7-4-3-5-8-12)16-21(18,19)14-10-6-9-13(14)15(17)20-2/h11-14,16H,3-10H2,1-2H3/t11-,13?,14?/m1/s1. The van der Waals surface area contributed by atoms with Crippen molar-refractivity contribution in [2.24, 2.45) is 11.8 Å². The number of methoxy groups -OCH3 is 1. The lowest BCUT2D eigenvalue weighted by molar-refractivity contribution is -0.145. The molecular weight excluding hydrogens is 290 g/mol. The molecule has 1 N–H and O–H groups in total. The van der Waals surface area contributed by atoms with Gasteiger partial charge >= 0.3 is 5.97 Å². The van der Waals surface area contributed by atoms with Crippen LogP contribution >= 0.6 is 0 Å². The molecule has 3 atom stereocenters. The number of rotatable bonds is 5. The van der Waals surface area contributed by atoms with E-state index in [1.807, 2.05) is 6.92 Å². The van der Waals surface area contributed by atoms with E-state index in [1.165, 1.54) is 26.4 Å². The minimum atomic E-state index is -3.46. The number of ether oxygens (including phenoxy) is 1. The second-order valence-corrected chi connectivity index (χ2v) is 8.38. The molecule has 0 radical (unpaired) electrons.